The molecule has 0 aliphatic heterocycles. The lowest BCUT2D eigenvalue weighted by atomic mass is 10.1. The van der Waals surface area contributed by atoms with Crippen LogP contribution in [-0.4, -0.2) is 16.1 Å². The molecule has 4 nitrogen and oxygen atoms in total. The number of carbonyl (C=O) groups excluding carboxylic acids is 1. The largest absolute Gasteiger partial charge is 0.366 e. The number of hydrogen-bond donors (Lipinski definition) is 1. The van der Waals surface area contributed by atoms with Crippen molar-refractivity contribution in [2.45, 2.75) is 0 Å². The maximum atomic E-state index is 11.1. The molecule has 1 aromatic carbocycles. The van der Waals surface area contributed by atoms with Gasteiger partial charge in [0.05, 0.1) is 0 Å². The Morgan fingerprint density at radius 3 is 2.79 bits per heavy atom. The van der Waals surface area contributed by atoms with Crippen molar-refractivity contribution in [1.29, 1.82) is 0 Å². The molecule has 0 aliphatic carbocycles. The fraction of sp³-hybridized carbons (Fsp3) is 0. The molecule has 14 heavy (non-hydrogen) atoms. The second-order valence-corrected chi connectivity index (χ2v) is 3.49. The van der Waals surface area contributed by atoms with Crippen molar-refractivity contribution in [3.8, 4) is 10.6 Å². The van der Waals surface area contributed by atoms with Gasteiger partial charge in [0, 0.05) is 11.1 Å². The van der Waals surface area contributed by atoms with Gasteiger partial charge in [-0.1, -0.05) is 29.5 Å². The van der Waals surface area contributed by atoms with Gasteiger partial charge in [-0.25, -0.2) is 0 Å². The lowest BCUT2D eigenvalue weighted by Gasteiger charge is -2.01. The van der Waals surface area contributed by atoms with Crippen LogP contribution in [0.15, 0.2) is 29.8 Å². The van der Waals surface area contributed by atoms with Gasteiger partial charge in [-0.2, -0.15) is 0 Å². The van der Waals surface area contributed by atoms with Crippen molar-refractivity contribution < 1.29 is 4.79 Å². The second-order valence-electron chi connectivity index (χ2n) is 2.65. The Morgan fingerprint density at radius 1 is 1.36 bits per heavy atom. The van der Waals surface area contributed by atoms with Crippen LogP contribution in [0.3, 0.4) is 0 Å². The molecule has 0 radical (unpaired) electrons. The third-order valence-electron chi connectivity index (χ3n) is 1.78. The number of hydrogen-bond acceptors (Lipinski definition) is 4. The summed E-state index contributed by atoms with van der Waals surface area (Å²) < 4.78 is 0. The van der Waals surface area contributed by atoms with Gasteiger partial charge in [0.1, 0.15) is 10.5 Å². The number of aromatic nitrogens is 2. The van der Waals surface area contributed by atoms with Crippen molar-refractivity contribution in [1.82, 2.24) is 10.2 Å². The highest BCUT2D eigenvalue weighted by Gasteiger charge is 2.10. The zero-order valence-electron chi connectivity index (χ0n) is 7.18. The maximum Gasteiger partial charge on any atom is 0.249 e. The maximum absolute atomic E-state index is 11.1. The van der Waals surface area contributed by atoms with Crippen molar-refractivity contribution in [2.75, 3.05) is 0 Å². The summed E-state index contributed by atoms with van der Waals surface area (Å²) in [5.74, 6) is -0.448. The lowest BCUT2D eigenvalue weighted by molar-refractivity contribution is 0.100. The van der Waals surface area contributed by atoms with Crippen LogP contribution in [-0.2, 0) is 0 Å². The first-order valence-corrected chi connectivity index (χ1v) is 4.82. The quantitative estimate of drug-likeness (QED) is 0.803. The number of nitrogens with zero attached hydrogens (tertiary/aromatic N) is 2. The van der Waals surface area contributed by atoms with Gasteiger partial charge in [0.25, 0.3) is 0 Å². The number of carbonyl (C=O) groups is 1. The molecule has 2 aromatic rings. The lowest BCUT2D eigenvalue weighted by Crippen LogP contribution is -2.12. The van der Waals surface area contributed by atoms with Crippen LogP contribution in [0.25, 0.3) is 10.6 Å². The van der Waals surface area contributed by atoms with Crippen LogP contribution < -0.4 is 5.73 Å². The predicted octanol–water partition coefficient (Wildman–Crippen LogP) is 1.30. The standard InChI is InChI=1S/C9H7N3OS/c10-8(13)6-3-1-2-4-7(6)9-12-11-5-14-9/h1-5H,(H2,10,13). The van der Waals surface area contributed by atoms with E-state index in [1.807, 2.05) is 6.07 Å². The van der Waals surface area contributed by atoms with Gasteiger partial charge < -0.3 is 5.73 Å². The van der Waals surface area contributed by atoms with E-state index in [0.717, 1.165) is 5.56 Å². The molecular formula is C9H7N3OS. The zero-order chi connectivity index (χ0) is 9.97. The van der Waals surface area contributed by atoms with E-state index in [9.17, 15) is 4.79 Å². The van der Waals surface area contributed by atoms with Gasteiger partial charge in [0.15, 0.2) is 0 Å². The van der Waals surface area contributed by atoms with Crippen LogP contribution in [0.4, 0.5) is 0 Å². The Morgan fingerprint density at radius 2 is 2.14 bits per heavy atom. The van der Waals surface area contributed by atoms with Crippen LogP contribution in [0, 0.1) is 0 Å². The van der Waals surface area contributed by atoms with Gasteiger partial charge in [-0.05, 0) is 6.07 Å². The molecule has 0 unspecified atom stereocenters. The summed E-state index contributed by atoms with van der Waals surface area (Å²) in [4.78, 5) is 11.1. The monoisotopic (exact) mass is 205 g/mol. The van der Waals surface area contributed by atoms with E-state index in [1.165, 1.54) is 11.3 Å². The highest BCUT2D eigenvalue weighted by Crippen LogP contribution is 2.23. The van der Waals surface area contributed by atoms with Crippen LogP contribution in [0.2, 0.25) is 0 Å². The van der Waals surface area contributed by atoms with Crippen LogP contribution in [0.1, 0.15) is 10.4 Å². The first-order valence-electron chi connectivity index (χ1n) is 3.94. The van der Waals surface area contributed by atoms with Gasteiger partial charge in [-0.15, -0.1) is 10.2 Å². The molecule has 0 fully saturated rings. The summed E-state index contributed by atoms with van der Waals surface area (Å²) in [6.07, 6.45) is 0. The highest BCUT2D eigenvalue weighted by atomic mass is 32.1. The number of benzene rings is 1. The van der Waals surface area contributed by atoms with E-state index in [1.54, 1.807) is 23.7 Å². The molecule has 0 saturated heterocycles. The number of rotatable bonds is 2. The zero-order valence-corrected chi connectivity index (χ0v) is 7.99. The Kier molecular flexibility index (Phi) is 2.24. The average Bonchev–Trinajstić information content (AvgIpc) is 2.70. The molecule has 1 aromatic heterocycles. The summed E-state index contributed by atoms with van der Waals surface area (Å²) in [5.41, 5.74) is 8.07. The van der Waals surface area contributed by atoms with Crippen molar-refractivity contribution in [3.05, 3.63) is 35.3 Å². The number of primary amides is 1. The highest BCUT2D eigenvalue weighted by molar-refractivity contribution is 7.12. The first-order chi connectivity index (χ1) is 6.79. The van der Waals surface area contributed by atoms with Crippen molar-refractivity contribution in [3.63, 3.8) is 0 Å². The molecule has 2 N–H and O–H groups in total. The number of amides is 1. The molecule has 0 atom stereocenters. The summed E-state index contributed by atoms with van der Waals surface area (Å²) in [5, 5.41) is 8.31. The molecule has 70 valence electrons. The molecule has 0 aliphatic rings. The molecule has 1 amide bonds. The minimum absolute atomic E-state index is 0.448. The molecule has 1 heterocycles. The first kappa shape index (κ1) is 8.83. The van der Waals surface area contributed by atoms with Crippen LogP contribution >= 0.6 is 11.3 Å². The Balaban J connectivity index is 2.58. The SMILES string of the molecule is NC(=O)c1ccccc1-c1nncs1. The fourth-order valence-corrected chi connectivity index (χ4v) is 1.77. The van der Waals surface area contributed by atoms with E-state index in [-0.39, 0.29) is 0 Å². The van der Waals surface area contributed by atoms with E-state index < -0.39 is 5.91 Å². The van der Waals surface area contributed by atoms with E-state index >= 15 is 0 Å². The van der Waals surface area contributed by atoms with Crippen LogP contribution in [0.5, 0.6) is 0 Å². The minimum atomic E-state index is -0.448. The molecule has 0 bridgehead atoms. The molecule has 0 saturated carbocycles. The van der Waals surface area contributed by atoms with Gasteiger partial charge >= 0.3 is 0 Å². The Labute approximate surface area is 84.4 Å². The topological polar surface area (TPSA) is 68.9 Å². The minimum Gasteiger partial charge on any atom is -0.366 e. The third-order valence-corrected chi connectivity index (χ3v) is 2.51. The van der Waals surface area contributed by atoms with E-state index in [0.29, 0.717) is 10.6 Å². The molecule has 2 rings (SSSR count). The van der Waals surface area contributed by atoms with Crippen molar-refractivity contribution in [2.24, 2.45) is 5.73 Å². The Bertz CT molecular complexity index is 453. The smallest absolute Gasteiger partial charge is 0.249 e. The van der Waals surface area contributed by atoms with E-state index in [4.69, 9.17) is 5.73 Å². The summed E-state index contributed by atoms with van der Waals surface area (Å²) in [7, 11) is 0. The second kappa shape index (κ2) is 3.55. The normalized spacial score (nSPS) is 10.0. The fourth-order valence-electron chi connectivity index (χ4n) is 1.17. The van der Waals surface area contributed by atoms with Crippen molar-refractivity contribution >= 4 is 17.2 Å². The number of nitrogens with two attached hydrogens (primary N) is 1. The van der Waals surface area contributed by atoms with Gasteiger partial charge in [0.2, 0.25) is 5.91 Å². The Hall–Kier alpha value is -1.75. The van der Waals surface area contributed by atoms with Gasteiger partial charge in [-0.3, -0.25) is 4.79 Å². The predicted molar refractivity (Wildman–Crippen MR) is 53.9 cm³/mol. The molecule has 0 spiro atoms. The molecular weight excluding hydrogens is 198 g/mol. The summed E-state index contributed by atoms with van der Waals surface area (Å²) in [6, 6.07) is 7.09. The third kappa shape index (κ3) is 1.49. The molecule has 5 heteroatoms. The summed E-state index contributed by atoms with van der Waals surface area (Å²) >= 11 is 1.38. The van der Waals surface area contributed by atoms with E-state index in [2.05, 4.69) is 10.2 Å². The summed E-state index contributed by atoms with van der Waals surface area (Å²) in [6.45, 7) is 0. The average molecular weight is 205 g/mol.